The van der Waals surface area contributed by atoms with Gasteiger partial charge >= 0.3 is 0 Å². The van der Waals surface area contributed by atoms with Crippen LogP contribution in [0.3, 0.4) is 0 Å². The van der Waals surface area contributed by atoms with Crippen molar-refractivity contribution in [2.45, 2.75) is 84.5 Å². The monoisotopic (exact) mass is 265 g/mol. The molecule has 19 heavy (non-hydrogen) atoms. The predicted molar refractivity (Wildman–Crippen MR) is 82.7 cm³/mol. The molecule has 0 saturated heterocycles. The van der Waals surface area contributed by atoms with Crippen LogP contribution in [0.2, 0.25) is 0 Å². The zero-order valence-corrected chi connectivity index (χ0v) is 12.8. The van der Waals surface area contributed by atoms with Crippen LogP contribution in [0.15, 0.2) is 6.20 Å². The van der Waals surface area contributed by atoms with Gasteiger partial charge in [0.15, 0.2) is 0 Å². The lowest BCUT2D eigenvalue weighted by Gasteiger charge is -2.02. The Morgan fingerprint density at radius 1 is 0.947 bits per heavy atom. The maximum absolute atomic E-state index is 5.88. The molecule has 1 aromatic heterocycles. The van der Waals surface area contributed by atoms with Crippen molar-refractivity contribution in [2.24, 2.45) is 0 Å². The Kier molecular flexibility index (Phi) is 8.35. The number of hydrogen-bond acceptors (Lipinski definition) is 2. The number of aromatic nitrogens is 2. The highest BCUT2D eigenvalue weighted by Gasteiger charge is 2.03. The minimum atomic E-state index is 0.967. The van der Waals surface area contributed by atoms with Crippen LogP contribution in [0.5, 0.6) is 0 Å². The van der Waals surface area contributed by atoms with Gasteiger partial charge in [-0.3, -0.25) is 4.68 Å². The lowest BCUT2D eigenvalue weighted by Crippen LogP contribution is -2.11. The maximum Gasteiger partial charge on any atom is 0.127 e. The van der Waals surface area contributed by atoms with Crippen molar-refractivity contribution in [3.8, 4) is 0 Å². The van der Waals surface area contributed by atoms with Crippen LogP contribution in [0.1, 0.15) is 83.2 Å². The Balaban J connectivity index is 2.00. The number of rotatable bonds is 11. The van der Waals surface area contributed by atoms with Crippen LogP contribution >= 0.6 is 0 Å². The first-order valence-corrected chi connectivity index (χ1v) is 8.10. The van der Waals surface area contributed by atoms with E-state index in [0.717, 1.165) is 24.4 Å². The van der Waals surface area contributed by atoms with Crippen molar-refractivity contribution >= 4 is 0 Å². The molecule has 0 fully saturated rings. The van der Waals surface area contributed by atoms with E-state index in [9.17, 15) is 0 Å². The Morgan fingerprint density at radius 2 is 1.53 bits per heavy atom. The van der Waals surface area contributed by atoms with E-state index in [1.54, 1.807) is 4.68 Å². The van der Waals surface area contributed by atoms with Crippen molar-refractivity contribution < 1.29 is 0 Å². The minimum absolute atomic E-state index is 0.967. The summed E-state index contributed by atoms with van der Waals surface area (Å²) in [6.45, 7) is 4.38. The number of unbranched alkanes of at least 4 members (excludes halogenated alkanes) is 8. The Labute approximate surface area is 118 Å². The molecule has 110 valence electrons. The second kappa shape index (κ2) is 9.88. The fourth-order valence-electron chi connectivity index (χ4n) is 2.44. The molecule has 0 bridgehead atoms. The largest absolute Gasteiger partial charge is 0.338 e. The number of aryl methyl sites for hydroxylation is 2. The van der Waals surface area contributed by atoms with E-state index >= 15 is 0 Å². The van der Waals surface area contributed by atoms with Crippen LogP contribution in [-0.4, -0.2) is 9.66 Å². The number of nitrogens with two attached hydrogens (primary N) is 1. The summed E-state index contributed by atoms with van der Waals surface area (Å²) in [6, 6.07) is 0. The summed E-state index contributed by atoms with van der Waals surface area (Å²) in [7, 11) is 0. The molecule has 0 aromatic carbocycles. The van der Waals surface area contributed by atoms with Gasteiger partial charge in [0.25, 0.3) is 0 Å². The topological polar surface area (TPSA) is 43.8 Å². The van der Waals surface area contributed by atoms with Gasteiger partial charge in [-0.05, 0) is 12.8 Å². The second-order valence-corrected chi connectivity index (χ2v) is 5.49. The Morgan fingerprint density at radius 3 is 2.05 bits per heavy atom. The molecule has 1 rings (SSSR count). The van der Waals surface area contributed by atoms with Gasteiger partial charge in [-0.1, -0.05) is 65.2 Å². The first kappa shape index (κ1) is 16.1. The summed E-state index contributed by atoms with van der Waals surface area (Å²) in [6.07, 6.45) is 16.2. The molecule has 3 nitrogen and oxygen atoms in total. The lowest BCUT2D eigenvalue weighted by molar-refractivity contribution is 0.560. The molecule has 0 radical (unpaired) electrons. The predicted octanol–water partition coefficient (Wildman–Crippen LogP) is 4.23. The normalized spacial score (nSPS) is 11.1. The van der Waals surface area contributed by atoms with Crippen LogP contribution in [0.25, 0.3) is 0 Å². The van der Waals surface area contributed by atoms with E-state index in [-0.39, 0.29) is 0 Å². The van der Waals surface area contributed by atoms with Crippen molar-refractivity contribution in [3.63, 3.8) is 0 Å². The van der Waals surface area contributed by atoms with E-state index in [1.165, 1.54) is 57.8 Å². The molecule has 0 aliphatic heterocycles. The second-order valence-electron chi connectivity index (χ2n) is 5.49. The molecule has 0 unspecified atom stereocenters. The molecule has 0 aliphatic carbocycles. The molecule has 0 aliphatic rings. The molecule has 1 aromatic rings. The summed E-state index contributed by atoms with van der Waals surface area (Å²) in [5, 5.41) is 0. The van der Waals surface area contributed by atoms with Gasteiger partial charge in [-0.15, -0.1) is 0 Å². The third-order valence-corrected chi connectivity index (χ3v) is 3.72. The quantitative estimate of drug-likeness (QED) is 0.480. The number of nitrogen functional groups attached to an aromatic ring is 1. The fourth-order valence-corrected chi connectivity index (χ4v) is 2.44. The Bertz CT molecular complexity index is 331. The van der Waals surface area contributed by atoms with E-state index in [4.69, 9.17) is 5.84 Å². The van der Waals surface area contributed by atoms with E-state index in [2.05, 4.69) is 18.8 Å². The van der Waals surface area contributed by atoms with E-state index < -0.39 is 0 Å². The summed E-state index contributed by atoms with van der Waals surface area (Å²) in [5.74, 6) is 6.92. The highest BCUT2D eigenvalue weighted by atomic mass is 15.3. The first-order chi connectivity index (χ1) is 9.27. The van der Waals surface area contributed by atoms with Crippen LogP contribution in [0.4, 0.5) is 0 Å². The summed E-state index contributed by atoms with van der Waals surface area (Å²) in [4.78, 5) is 4.53. The molecule has 0 atom stereocenters. The number of imidazole rings is 1. The Hall–Kier alpha value is -0.990. The molecule has 0 spiro atoms. The zero-order chi connectivity index (χ0) is 13.9. The summed E-state index contributed by atoms with van der Waals surface area (Å²) in [5.41, 5.74) is 1.11. The lowest BCUT2D eigenvalue weighted by atomic mass is 10.1. The van der Waals surface area contributed by atoms with Crippen molar-refractivity contribution in [3.05, 3.63) is 17.7 Å². The maximum atomic E-state index is 5.88. The van der Waals surface area contributed by atoms with E-state index in [0.29, 0.717) is 0 Å². The van der Waals surface area contributed by atoms with Gasteiger partial charge in [0.05, 0.1) is 5.69 Å². The number of nitrogens with zero attached hydrogens (tertiary/aromatic N) is 2. The van der Waals surface area contributed by atoms with Crippen LogP contribution in [-0.2, 0) is 12.8 Å². The third kappa shape index (κ3) is 6.65. The molecule has 1 heterocycles. The SMILES string of the molecule is CCCCCCCCCCCc1nc(CC)cn1N. The third-order valence-electron chi connectivity index (χ3n) is 3.72. The van der Waals surface area contributed by atoms with Crippen LogP contribution < -0.4 is 5.84 Å². The molecule has 0 amide bonds. The van der Waals surface area contributed by atoms with Gasteiger partial charge in [-0.25, -0.2) is 4.98 Å². The standard InChI is InChI=1S/C16H31N3/c1-3-5-6-7-8-9-10-11-12-13-16-18-15(4-2)14-19(16)17/h14H,3-13,17H2,1-2H3. The summed E-state index contributed by atoms with van der Waals surface area (Å²) < 4.78 is 1.70. The van der Waals surface area contributed by atoms with Gasteiger partial charge in [-0.2, -0.15) is 0 Å². The minimum Gasteiger partial charge on any atom is -0.338 e. The highest BCUT2D eigenvalue weighted by molar-refractivity contribution is 5.04. The molecule has 0 saturated carbocycles. The average Bonchev–Trinajstić information content (AvgIpc) is 2.78. The van der Waals surface area contributed by atoms with E-state index in [1.807, 2.05) is 6.20 Å². The molecule has 3 heteroatoms. The molecule has 2 N–H and O–H groups in total. The molecular weight excluding hydrogens is 234 g/mol. The number of hydrogen-bond donors (Lipinski definition) is 1. The van der Waals surface area contributed by atoms with Crippen molar-refractivity contribution in [1.82, 2.24) is 9.66 Å². The van der Waals surface area contributed by atoms with Gasteiger partial charge in [0, 0.05) is 12.6 Å². The average molecular weight is 265 g/mol. The van der Waals surface area contributed by atoms with Crippen LogP contribution in [0, 0.1) is 0 Å². The smallest absolute Gasteiger partial charge is 0.127 e. The zero-order valence-electron chi connectivity index (χ0n) is 12.8. The van der Waals surface area contributed by atoms with Gasteiger partial charge in [0.1, 0.15) is 5.82 Å². The van der Waals surface area contributed by atoms with Gasteiger partial charge in [0.2, 0.25) is 0 Å². The summed E-state index contributed by atoms with van der Waals surface area (Å²) >= 11 is 0. The first-order valence-electron chi connectivity index (χ1n) is 8.10. The highest BCUT2D eigenvalue weighted by Crippen LogP contribution is 2.11. The van der Waals surface area contributed by atoms with Gasteiger partial charge < -0.3 is 5.84 Å². The van der Waals surface area contributed by atoms with Crippen molar-refractivity contribution in [2.75, 3.05) is 5.84 Å². The molecular formula is C16H31N3. The fraction of sp³-hybridized carbons (Fsp3) is 0.812. The van der Waals surface area contributed by atoms with Crippen molar-refractivity contribution in [1.29, 1.82) is 0 Å².